The number of anilines is 2. The molecule has 1 atom stereocenters. The largest absolute Gasteiger partial charge is 0.497 e. The Hall–Kier alpha value is -3.35. The van der Waals surface area contributed by atoms with Gasteiger partial charge in [0.1, 0.15) is 5.75 Å². The molecule has 2 N–H and O–H groups in total. The number of nitrogens with one attached hydrogen (secondary N) is 2. The molecule has 132 valence electrons. The first kappa shape index (κ1) is 16.1. The van der Waals surface area contributed by atoms with E-state index in [1.54, 1.807) is 24.1 Å². The summed E-state index contributed by atoms with van der Waals surface area (Å²) in [6.07, 6.45) is 0.179. The van der Waals surface area contributed by atoms with Crippen molar-refractivity contribution in [1.29, 1.82) is 0 Å². The summed E-state index contributed by atoms with van der Waals surface area (Å²) in [5.41, 5.74) is 2.39. The second-order valence-corrected chi connectivity index (χ2v) is 6.20. The summed E-state index contributed by atoms with van der Waals surface area (Å²) in [6, 6.07) is 14.8. The molecule has 0 radical (unpaired) electrons. The van der Waals surface area contributed by atoms with Gasteiger partial charge in [-0.15, -0.1) is 0 Å². The maximum absolute atomic E-state index is 12.5. The normalized spacial score (nSPS) is 16.9. The van der Waals surface area contributed by atoms with Crippen LogP contribution in [0.4, 0.5) is 11.6 Å². The van der Waals surface area contributed by atoms with Crippen LogP contribution < -0.4 is 15.0 Å². The highest BCUT2D eigenvalue weighted by Crippen LogP contribution is 2.27. The van der Waals surface area contributed by atoms with E-state index in [9.17, 15) is 9.59 Å². The predicted octanol–water partition coefficient (Wildman–Crippen LogP) is 2.56. The number of imidazole rings is 1. The highest BCUT2D eigenvalue weighted by atomic mass is 16.5. The second-order valence-electron chi connectivity index (χ2n) is 6.20. The molecule has 7 nitrogen and oxygen atoms in total. The van der Waals surface area contributed by atoms with Gasteiger partial charge in [-0.3, -0.25) is 14.9 Å². The van der Waals surface area contributed by atoms with Crippen LogP contribution in [0.15, 0.2) is 48.5 Å². The van der Waals surface area contributed by atoms with Crippen LogP contribution in [0.5, 0.6) is 5.75 Å². The van der Waals surface area contributed by atoms with Gasteiger partial charge in [0, 0.05) is 18.7 Å². The van der Waals surface area contributed by atoms with E-state index in [1.807, 2.05) is 36.4 Å². The molecule has 1 fully saturated rings. The first-order valence-corrected chi connectivity index (χ1v) is 8.34. The summed E-state index contributed by atoms with van der Waals surface area (Å²) < 4.78 is 5.13. The number of methoxy groups -OCH3 is 1. The molecule has 7 heteroatoms. The number of para-hydroxylation sites is 2. The molecule has 2 amide bonds. The third kappa shape index (κ3) is 2.99. The van der Waals surface area contributed by atoms with E-state index in [2.05, 4.69) is 15.3 Å². The minimum atomic E-state index is -0.419. The minimum absolute atomic E-state index is 0.0695. The molecule has 2 heterocycles. The minimum Gasteiger partial charge on any atom is -0.497 e. The summed E-state index contributed by atoms with van der Waals surface area (Å²) in [5, 5.41) is 2.78. The zero-order valence-electron chi connectivity index (χ0n) is 14.2. The average Bonchev–Trinajstić information content (AvgIpc) is 3.24. The van der Waals surface area contributed by atoms with E-state index >= 15 is 0 Å². The van der Waals surface area contributed by atoms with E-state index in [0.717, 1.165) is 22.5 Å². The van der Waals surface area contributed by atoms with Crippen molar-refractivity contribution in [3.05, 3.63) is 48.5 Å². The number of hydrogen-bond acceptors (Lipinski definition) is 4. The Bertz CT molecular complexity index is 931. The summed E-state index contributed by atoms with van der Waals surface area (Å²) in [5.74, 6) is 0.414. The van der Waals surface area contributed by atoms with Crippen LogP contribution in [-0.4, -0.2) is 35.4 Å². The lowest BCUT2D eigenvalue weighted by Crippen LogP contribution is -2.28. The Labute approximate surface area is 150 Å². The Morgan fingerprint density at radius 1 is 1.23 bits per heavy atom. The Morgan fingerprint density at radius 2 is 2.00 bits per heavy atom. The second kappa shape index (κ2) is 6.51. The summed E-state index contributed by atoms with van der Waals surface area (Å²) in [7, 11) is 1.59. The van der Waals surface area contributed by atoms with Gasteiger partial charge < -0.3 is 14.6 Å². The number of amides is 2. The number of rotatable bonds is 4. The molecule has 0 aliphatic carbocycles. The quantitative estimate of drug-likeness (QED) is 0.757. The van der Waals surface area contributed by atoms with Crippen molar-refractivity contribution in [3.8, 4) is 5.75 Å². The van der Waals surface area contributed by atoms with Crippen LogP contribution in [0.25, 0.3) is 11.0 Å². The Balaban J connectivity index is 1.46. The predicted molar refractivity (Wildman–Crippen MR) is 98.2 cm³/mol. The Morgan fingerprint density at radius 3 is 2.73 bits per heavy atom. The molecular weight excluding hydrogens is 332 g/mol. The number of aromatic amines is 1. The molecule has 0 spiro atoms. The third-order valence-corrected chi connectivity index (χ3v) is 4.51. The fraction of sp³-hybridized carbons (Fsp3) is 0.211. The fourth-order valence-corrected chi connectivity index (χ4v) is 3.13. The van der Waals surface area contributed by atoms with Gasteiger partial charge in [-0.05, 0) is 36.4 Å². The molecule has 4 rings (SSSR count). The van der Waals surface area contributed by atoms with Crippen molar-refractivity contribution in [2.24, 2.45) is 5.92 Å². The van der Waals surface area contributed by atoms with E-state index < -0.39 is 5.92 Å². The third-order valence-electron chi connectivity index (χ3n) is 4.51. The Kier molecular flexibility index (Phi) is 4.04. The number of H-pyrrole nitrogens is 1. The number of hydrogen-bond donors (Lipinski definition) is 2. The van der Waals surface area contributed by atoms with Crippen molar-refractivity contribution < 1.29 is 14.3 Å². The highest BCUT2D eigenvalue weighted by Gasteiger charge is 2.35. The molecule has 1 aromatic heterocycles. The highest BCUT2D eigenvalue weighted by molar-refractivity contribution is 6.03. The van der Waals surface area contributed by atoms with Crippen LogP contribution in [0.3, 0.4) is 0 Å². The van der Waals surface area contributed by atoms with Crippen LogP contribution in [-0.2, 0) is 9.59 Å². The number of aromatic nitrogens is 2. The van der Waals surface area contributed by atoms with Crippen molar-refractivity contribution in [2.75, 3.05) is 23.9 Å². The van der Waals surface area contributed by atoms with Gasteiger partial charge in [0.15, 0.2) is 0 Å². The molecule has 0 unspecified atom stereocenters. The molecule has 1 saturated heterocycles. The summed E-state index contributed by atoms with van der Waals surface area (Å²) in [6.45, 7) is 0.344. The zero-order chi connectivity index (χ0) is 18.1. The maximum Gasteiger partial charge on any atom is 0.232 e. The van der Waals surface area contributed by atoms with E-state index in [1.165, 1.54) is 0 Å². The first-order chi connectivity index (χ1) is 12.6. The van der Waals surface area contributed by atoms with Crippen molar-refractivity contribution in [3.63, 3.8) is 0 Å². The summed E-state index contributed by atoms with van der Waals surface area (Å²) in [4.78, 5) is 33.9. The van der Waals surface area contributed by atoms with Crippen molar-refractivity contribution >= 4 is 34.5 Å². The van der Waals surface area contributed by atoms with E-state index in [4.69, 9.17) is 4.74 Å². The molecule has 3 aromatic rings. The molecule has 1 aliphatic heterocycles. The topological polar surface area (TPSA) is 87.3 Å². The lowest BCUT2D eigenvalue weighted by atomic mass is 10.1. The van der Waals surface area contributed by atoms with Gasteiger partial charge in [-0.1, -0.05) is 12.1 Å². The fourth-order valence-electron chi connectivity index (χ4n) is 3.13. The lowest BCUT2D eigenvalue weighted by molar-refractivity contribution is -0.122. The monoisotopic (exact) mass is 350 g/mol. The van der Waals surface area contributed by atoms with Gasteiger partial charge in [0.25, 0.3) is 0 Å². The number of ether oxygens (including phenoxy) is 1. The molecule has 26 heavy (non-hydrogen) atoms. The molecule has 0 saturated carbocycles. The van der Waals surface area contributed by atoms with Crippen LogP contribution in [0, 0.1) is 5.92 Å². The van der Waals surface area contributed by atoms with Crippen LogP contribution >= 0.6 is 0 Å². The van der Waals surface area contributed by atoms with Crippen LogP contribution in [0.2, 0.25) is 0 Å². The standard InChI is InChI=1S/C19H18N4O3/c1-26-14-8-6-13(7-9-14)23-11-12(10-17(23)24)18(25)22-19-20-15-4-2-3-5-16(15)21-19/h2-9,12H,10-11H2,1H3,(H2,20,21,22,25)/t12-/m0/s1. The van der Waals surface area contributed by atoms with Gasteiger partial charge >= 0.3 is 0 Å². The van der Waals surface area contributed by atoms with Gasteiger partial charge in [0.2, 0.25) is 17.8 Å². The molecule has 2 aromatic carbocycles. The number of benzene rings is 2. The van der Waals surface area contributed by atoms with Crippen LogP contribution in [0.1, 0.15) is 6.42 Å². The zero-order valence-corrected chi connectivity index (χ0v) is 14.2. The average molecular weight is 350 g/mol. The lowest BCUT2D eigenvalue weighted by Gasteiger charge is -2.16. The molecule has 1 aliphatic rings. The number of nitrogens with zero attached hydrogens (tertiary/aromatic N) is 2. The van der Waals surface area contributed by atoms with Crippen molar-refractivity contribution in [1.82, 2.24) is 9.97 Å². The molecular formula is C19H18N4O3. The first-order valence-electron chi connectivity index (χ1n) is 8.34. The molecule has 0 bridgehead atoms. The van der Waals surface area contributed by atoms with Gasteiger partial charge in [-0.25, -0.2) is 4.98 Å². The summed E-state index contributed by atoms with van der Waals surface area (Å²) >= 11 is 0. The smallest absolute Gasteiger partial charge is 0.232 e. The van der Waals surface area contributed by atoms with Gasteiger partial charge in [0.05, 0.1) is 24.1 Å². The van der Waals surface area contributed by atoms with Crippen molar-refractivity contribution in [2.45, 2.75) is 6.42 Å². The number of carbonyl (C=O) groups excluding carboxylic acids is 2. The number of fused-ring (bicyclic) bond motifs is 1. The maximum atomic E-state index is 12.5. The number of carbonyl (C=O) groups is 2. The van der Waals surface area contributed by atoms with E-state index in [0.29, 0.717) is 12.5 Å². The SMILES string of the molecule is COc1ccc(N2C[C@@H](C(=O)Nc3nc4ccccc4[nH]3)CC2=O)cc1. The van der Waals surface area contributed by atoms with E-state index in [-0.39, 0.29) is 18.2 Å². The van der Waals surface area contributed by atoms with Gasteiger partial charge in [-0.2, -0.15) is 0 Å².